The van der Waals surface area contributed by atoms with E-state index in [1.807, 2.05) is 0 Å². The minimum absolute atomic E-state index is 0. The fourth-order valence-corrected chi connectivity index (χ4v) is 4.54. The summed E-state index contributed by atoms with van der Waals surface area (Å²) in [6.45, 7) is 5.48. The van der Waals surface area contributed by atoms with Crippen LogP contribution in [0.2, 0.25) is 0 Å². The number of carbonyl (C=O) groups excluding carboxylic acids is 1. The molecular weight excluding hydrogens is 284 g/mol. The van der Waals surface area contributed by atoms with Crippen molar-refractivity contribution in [2.24, 2.45) is 23.2 Å². The Morgan fingerprint density at radius 3 is 2.76 bits per heavy atom. The zero-order chi connectivity index (χ0) is 14.0. The van der Waals surface area contributed by atoms with E-state index in [1.54, 1.807) is 0 Å². The average molecular weight is 315 g/mol. The highest BCUT2D eigenvalue weighted by atomic mass is 35.5. The third-order valence-corrected chi connectivity index (χ3v) is 6.00. The van der Waals surface area contributed by atoms with E-state index >= 15 is 0 Å². The van der Waals surface area contributed by atoms with Crippen molar-refractivity contribution in [3.05, 3.63) is 0 Å². The molecule has 1 amide bonds. The summed E-state index contributed by atoms with van der Waals surface area (Å²) in [5.41, 5.74) is 0.384. The molecule has 3 nitrogen and oxygen atoms in total. The van der Waals surface area contributed by atoms with Crippen LogP contribution in [0, 0.1) is 23.2 Å². The maximum atomic E-state index is 12.3. The lowest BCUT2D eigenvalue weighted by Gasteiger charge is -2.27. The van der Waals surface area contributed by atoms with Crippen LogP contribution in [0.1, 0.15) is 58.3 Å². The van der Waals surface area contributed by atoms with Crippen molar-refractivity contribution >= 4 is 18.3 Å². The van der Waals surface area contributed by atoms with E-state index in [9.17, 15) is 4.79 Å². The largest absolute Gasteiger partial charge is 0.356 e. The van der Waals surface area contributed by atoms with Crippen LogP contribution < -0.4 is 10.6 Å². The van der Waals surface area contributed by atoms with E-state index < -0.39 is 0 Å². The summed E-state index contributed by atoms with van der Waals surface area (Å²) in [6.07, 6.45) is 10.3. The molecule has 3 rings (SSSR count). The molecular formula is C17H31ClN2O. The van der Waals surface area contributed by atoms with Gasteiger partial charge in [0.1, 0.15) is 0 Å². The van der Waals surface area contributed by atoms with Gasteiger partial charge in [-0.2, -0.15) is 0 Å². The van der Waals surface area contributed by atoms with Crippen LogP contribution >= 0.6 is 12.4 Å². The summed E-state index contributed by atoms with van der Waals surface area (Å²) in [7, 11) is 0. The van der Waals surface area contributed by atoms with Crippen molar-refractivity contribution < 1.29 is 4.79 Å². The van der Waals surface area contributed by atoms with Crippen LogP contribution in [0.4, 0.5) is 0 Å². The Labute approximate surface area is 135 Å². The second kappa shape index (κ2) is 7.32. The topological polar surface area (TPSA) is 41.1 Å². The third-order valence-electron chi connectivity index (χ3n) is 6.00. The number of hydrogen-bond donors (Lipinski definition) is 2. The van der Waals surface area contributed by atoms with Gasteiger partial charge in [-0.05, 0) is 62.4 Å². The van der Waals surface area contributed by atoms with Crippen molar-refractivity contribution in [3.63, 3.8) is 0 Å². The molecule has 3 unspecified atom stereocenters. The Hall–Kier alpha value is -0.280. The molecule has 4 heteroatoms. The van der Waals surface area contributed by atoms with E-state index in [1.165, 1.54) is 44.9 Å². The first kappa shape index (κ1) is 17.1. The highest BCUT2D eigenvalue weighted by molar-refractivity contribution is 5.85. The van der Waals surface area contributed by atoms with Gasteiger partial charge in [0.15, 0.2) is 0 Å². The third kappa shape index (κ3) is 4.13. The first-order valence-corrected chi connectivity index (χ1v) is 8.68. The zero-order valence-electron chi connectivity index (χ0n) is 13.3. The van der Waals surface area contributed by atoms with Gasteiger partial charge in [-0.3, -0.25) is 4.79 Å². The van der Waals surface area contributed by atoms with E-state index in [0.717, 1.165) is 37.9 Å². The number of carbonyl (C=O) groups is 1. The number of nitrogens with one attached hydrogen (secondary N) is 2. The fourth-order valence-electron chi connectivity index (χ4n) is 4.54. The summed E-state index contributed by atoms with van der Waals surface area (Å²) in [4.78, 5) is 12.3. The van der Waals surface area contributed by atoms with E-state index in [-0.39, 0.29) is 12.4 Å². The number of piperidine rings is 1. The Balaban J connectivity index is 0.00000161. The fraction of sp³-hybridized carbons (Fsp3) is 0.941. The van der Waals surface area contributed by atoms with Gasteiger partial charge in [0.05, 0.1) is 0 Å². The second-order valence-electron chi connectivity index (χ2n) is 7.59. The predicted octanol–water partition coefficient (Wildman–Crippen LogP) is 3.13. The van der Waals surface area contributed by atoms with E-state index in [0.29, 0.717) is 17.2 Å². The summed E-state index contributed by atoms with van der Waals surface area (Å²) in [5.74, 6) is 2.42. The van der Waals surface area contributed by atoms with Gasteiger partial charge >= 0.3 is 0 Å². The van der Waals surface area contributed by atoms with Gasteiger partial charge < -0.3 is 10.6 Å². The quantitative estimate of drug-likeness (QED) is 0.837. The van der Waals surface area contributed by atoms with Crippen LogP contribution in [-0.4, -0.2) is 25.5 Å². The normalized spacial score (nSPS) is 34.0. The smallest absolute Gasteiger partial charge is 0.223 e. The summed E-state index contributed by atoms with van der Waals surface area (Å²) < 4.78 is 0. The van der Waals surface area contributed by atoms with E-state index in [2.05, 4.69) is 17.6 Å². The SMILES string of the molecule is CC1CCCC(CCNC(=O)C2CC23CCNCC3)C1.Cl. The highest BCUT2D eigenvalue weighted by Crippen LogP contribution is 2.58. The monoisotopic (exact) mass is 314 g/mol. The minimum atomic E-state index is 0. The molecule has 0 aromatic carbocycles. The van der Waals surface area contributed by atoms with Crippen molar-refractivity contribution in [2.75, 3.05) is 19.6 Å². The number of amides is 1. The molecule has 1 aliphatic heterocycles. The Morgan fingerprint density at radius 1 is 1.29 bits per heavy atom. The molecule has 0 aromatic heterocycles. The van der Waals surface area contributed by atoms with Gasteiger partial charge in [-0.15, -0.1) is 12.4 Å². The van der Waals surface area contributed by atoms with Gasteiger partial charge in [0.25, 0.3) is 0 Å². The van der Waals surface area contributed by atoms with Crippen molar-refractivity contribution in [2.45, 2.75) is 58.3 Å². The molecule has 2 aliphatic carbocycles. The van der Waals surface area contributed by atoms with Crippen molar-refractivity contribution in [1.82, 2.24) is 10.6 Å². The first-order chi connectivity index (χ1) is 9.70. The molecule has 3 atom stereocenters. The maximum absolute atomic E-state index is 12.3. The number of rotatable bonds is 4. The lowest BCUT2D eigenvalue weighted by atomic mass is 9.81. The van der Waals surface area contributed by atoms with Crippen LogP contribution in [0.25, 0.3) is 0 Å². The molecule has 3 fully saturated rings. The van der Waals surface area contributed by atoms with Gasteiger partial charge in [-0.1, -0.05) is 26.2 Å². The lowest BCUT2D eigenvalue weighted by Crippen LogP contribution is -2.34. The average Bonchev–Trinajstić information content (AvgIpc) is 3.13. The minimum Gasteiger partial charge on any atom is -0.356 e. The van der Waals surface area contributed by atoms with Gasteiger partial charge in [0.2, 0.25) is 5.91 Å². The molecule has 2 saturated carbocycles. The molecule has 1 heterocycles. The Bertz CT molecular complexity index is 355. The number of halogens is 1. The molecule has 0 radical (unpaired) electrons. The molecule has 0 bridgehead atoms. The standard InChI is InChI=1S/C17H30N2O.ClH/c1-13-3-2-4-14(11-13)5-8-19-16(20)15-12-17(15)6-9-18-10-7-17;/h13-15,18H,2-12H2,1H3,(H,19,20);1H. The van der Waals surface area contributed by atoms with Crippen LogP contribution in [0.15, 0.2) is 0 Å². The van der Waals surface area contributed by atoms with Crippen LogP contribution in [0.3, 0.4) is 0 Å². The first-order valence-electron chi connectivity index (χ1n) is 8.68. The van der Waals surface area contributed by atoms with Crippen LogP contribution in [-0.2, 0) is 4.79 Å². The molecule has 1 saturated heterocycles. The Morgan fingerprint density at radius 2 is 2.05 bits per heavy atom. The maximum Gasteiger partial charge on any atom is 0.223 e. The summed E-state index contributed by atoms with van der Waals surface area (Å²) >= 11 is 0. The summed E-state index contributed by atoms with van der Waals surface area (Å²) in [5, 5.41) is 6.62. The molecule has 0 aromatic rings. The lowest BCUT2D eigenvalue weighted by molar-refractivity contribution is -0.123. The van der Waals surface area contributed by atoms with Gasteiger partial charge in [0, 0.05) is 12.5 Å². The highest BCUT2D eigenvalue weighted by Gasteiger charge is 2.57. The molecule has 21 heavy (non-hydrogen) atoms. The van der Waals surface area contributed by atoms with Crippen LogP contribution in [0.5, 0.6) is 0 Å². The molecule has 2 N–H and O–H groups in total. The second-order valence-corrected chi connectivity index (χ2v) is 7.59. The van der Waals surface area contributed by atoms with E-state index in [4.69, 9.17) is 0 Å². The number of hydrogen-bond acceptors (Lipinski definition) is 2. The Kier molecular flexibility index (Phi) is 5.96. The molecule has 122 valence electrons. The van der Waals surface area contributed by atoms with Crippen molar-refractivity contribution in [1.29, 1.82) is 0 Å². The summed E-state index contributed by atoms with van der Waals surface area (Å²) in [6, 6.07) is 0. The molecule has 1 spiro atoms. The van der Waals surface area contributed by atoms with Gasteiger partial charge in [-0.25, -0.2) is 0 Å². The predicted molar refractivity (Wildman–Crippen MR) is 88.6 cm³/mol. The van der Waals surface area contributed by atoms with Crippen molar-refractivity contribution in [3.8, 4) is 0 Å². The zero-order valence-corrected chi connectivity index (χ0v) is 14.1. The molecule has 3 aliphatic rings.